The molecule has 0 radical (unpaired) electrons. The number of likely N-dealkylation sites (tertiary alicyclic amines) is 1. The molecule has 2 aromatic rings. The Labute approximate surface area is 155 Å². The first-order valence-corrected chi connectivity index (χ1v) is 8.70. The minimum atomic E-state index is -0.770. The standard InChI is InChI=1S/C20H20F2N2O3/c21-17-6-3-7-18(22)19(17)16-5-2-1-4-14(16)12-23-27-11-10-24-9-8-15(13-24)20(25)26/h1-7,12,15H,8-11,13H2,(H,25,26)/b23-12+. The zero-order valence-corrected chi connectivity index (χ0v) is 14.6. The van der Waals surface area contributed by atoms with Crippen LogP contribution in [0.15, 0.2) is 47.6 Å². The molecular weight excluding hydrogens is 354 g/mol. The highest BCUT2D eigenvalue weighted by Gasteiger charge is 2.27. The van der Waals surface area contributed by atoms with Crippen molar-refractivity contribution in [3.8, 4) is 11.1 Å². The fraction of sp³-hybridized carbons (Fsp3) is 0.300. The Bertz CT molecular complexity index is 821. The van der Waals surface area contributed by atoms with Crippen molar-refractivity contribution in [3.63, 3.8) is 0 Å². The van der Waals surface area contributed by atoms with Crippen LogP contribution >= 0.6 is 0 Å². The molecule has 1 aliphatic heterocycles. The Morgan fingerprint density at radius 3 is 2.67 bits per heavy atom. The van der Waals surface area contributed by atoms with Crippen molar-refractivity contribution in [2.75, 3.05) is 26.2 Å². The molecule has 1 N–H and O–H groups in total. The first-order valence-electron chi connectivity index (χ1n) is 8.70. The second-order valence-electron chi connectivity index (χ2n) is 6.38. The first kappa shape index (κ1) is 19.0. The van der Waals surface area contributed by atoms with Crippen LogP contribution in [0.3, 0.4) is 0 Å². The Kier molecular flexibility index (Phi) is 6.13. The van der Waals surface area contributed by atoms with Gasteiger partial charge in [-0.05, 0) is 30.7 Å². The van der Waals surface area contributed by atoms with Gasteiger partial charge < -0.3 is 9.94 Å². The van der Waals surface area contributed by atoms with Crippen LogP contribution in [0.5, 0.6) is 0 Å². The van der Waals surface area contributed by atoms with E-state index in [0.29, 0.717) is 37.2 Å². The largest absolute Gasteiger partial charge is 0.481 e. The zero-order valence-electron chi connectivity index (χ0n) is 14.6. The van der Waals surface area contributed by atoms with E-state index in [4.69, 9.17) is 9.94 Å². The topological polar surface area (TPSA) is 62.1 Å². The summed E-state index contributed by atoms with van der Waals surface area (Å²) in [4.78, 5) is 18.2. The van der Waals surface area contributed by atoms with Gasteiger partial charge in [0.15, 0.2) is 0 Å². The minimum Gasteiger partial charge on any atom is -0.481 e. The molecule has 3 rings (SSSR count). The van der Waals surface area contributed by atoms with Gasteiger partial charge in [-0.1, -0.05) is 35.5 Å². The van der Waals surface area contributed by atoms with E-state index in [1.54, 1.807) is 24.3 Å². The van der Waals surface area contributed by atoms with Crippen LogP contribution in [0.2, 0.25) is 0 Å². The molecule has 0 saturated carbocycles. The highest BCUT2D eigenvalue weighted by atomic mass is 19.1. The zero-order chi connectivity index (χ0) is 19.2. The predicted octanol–water partition coefficient (Wildman–Crippen LogP) is 3.39. The number of hydrogen-bond acceptors (Lipinski definition) is 4. The van der Waals surface area contributed by atoms with Crippen molar-refractivity contribution in [3.05, 3.63) is 59.7 Å². The Balaban J connectivity index is 1.60. The molecule has 0 bridgehead atoms. The molecule has 1 heterocycles. The third-order valence-corrected chi connectivity index (χ3v) is 4.58. The molecule has 0 aromatic heterocycles. The van der Waals surface area contributed by atoms with Crippen molar-refractivity contribution >= 4 is 12.2 Å². The first-order chi connectivity index (χ1) is 13.1. The number of rotatable bonds is 7. The Hall–Kier alpha value is -2.80. The summed E-state index contributed by atoms with van der Waals surface area (Å²) < 4.78 is 28.1. The maximum atomic E-state index is 14.1. The highest BCUT2D eigenvalue weighted by molar-refractivity contribution is 5.90. The second-order valence-corrected chi connectivity index (χ2v) is 6.38. The van der Waals surface area contributed by atoms with E-state index < -0.39 is 17.6 Å². The van der Waals surface area contributed by atoms with Gasteiger partial charge in [0, 0.05) is 18.7 Å². The predicted molar refractivity (Wildman–Crippen MR) is 97.5 cm³/mol. The summed E-state index contributed by atoms with van der Waals surface area (Å²) in [6, 6.07) is 10.5. The Morgan fingerprint density at radius 2 is 1.96 bits per heavy atom. The quantitative estimate of drug-likeness (QED) is 0.458. The van der Waals surface area contributed by atoms with E-state index in [9.17, 15) is 13.6 Å². The van der Waals surface area contributed by atoms with Crippen LogP contribution in [-0.4, -0.2) is 48.4 Å². The van der Waals surface area contributed by atoms with Crippen LogP contribution in [0.4, 0.5) is 8.78 Å². The number of hydrogen-bond donors (Lipinski definition) is 1. The van der Waals surface area contributed by atoms with Crippen LogP contribution in [0.25, 0.3) is 11.1 Å². The van der Waals surface area contributed by atoms with Gasteiger partial charge in [0.2, 0.25) is 0 Å². The van der Waals surface area contributed by atoms with E-state index in [1.165, 1.54) is 24.4 Å². The summed E-state index contributed by atoms with van der Waals surface area (Å²) in [6.45, 7) is 2.11. The van der Waals surface area contributed by atoms with Crippen LogP contribution in [-0.2, 0) is 9.63 Å². The van der Waals surface area contributed by atoms with Crippen molar-refractivity contribution in [1.82, 2.24) is 4.90 Å². The molecule has 27 heavy (non-hydrogen) atoms. The third kappa shape index (κ3) is 4.68. The fourth-order valence-electron chi connectivity index (χ4n) is 3.15. The number of benzene rings is 2. The minimum absolute atomic E-state index is 0.101. The smallest absolute Gasteiger partial charge is 0.307 e. The van der Waals surface area contributed by atoms with Gasteiger partial charge in [-0.15, -0.1) is 0 Å². The van der Waals surface area contributed by atoms with Crippen molar-refractivity contribution in [2.24, 2.45) is 11.1 Å². The number of carbonyl (C=O) groups is 1. The van der Waals surface area contributed by atoms with Gasteiger partial charge in [-0.2, -0.15) is 0 Å². The summed E-state index contributed by atoms with van der Waals surface area (Å²) in [6.07, 6.45) is 2.06. The number of nitrogens with zero attached hydrogens (tertiary/aromatic N) is 2. The normalized spacial score (nSPS) is 17.5. The third-order valence-electron chi connectivity index (χ3n) is 4.58. The average molecular weight is 374 g/mol. The number of halogens is 2. The second kappa shape index (κ2) is 8.73. The average Bonchev–Trinajstić information content (AvgIpc) is 3.12. The molecule has 1 fully saturated rings. The lowest BCUT2D eigenvalue weighted by atomic mass is 9.99. The van der Waals surface area contributed by atoms with Crippen LogP contribution < -0.4 is 0 Å². The van der Waals surface area contributed by atoms with E-state index in [0.717, 1.165) is 6.54 Å². The summed E-state index contributed by atoms with van der Waals surface area (Å²) in [5.74, 6) is -2.37. The van der Waals surface area contributed by atoms with E-state index >= 15 is 0 Å². The van der Waals surface area contributed by atoms with Gasteiger partial charge in [0.25, 0.3) is 0 Å². The van der Waals surface area contributed by atoms with Gasteiger partial charge in [-0.3, -0.25) is 9.69 Å². The summed E-state index contributed by atoms with van der Waals surface area (Å²) in [5.41, 5.74) is 0.828. The van der Waals surface area contributed by atoms with Crippen molar-refractivity contribution < 1.29 is 23.5 Å². The summed E-state index contributed by atoms with van der Waals surface area (Å²) in [5, 5.41) is 12.9. The summed E-state index contributed by atoms with van der Waals surface area (Å²) in [7, 11) is 0. The van der Waals surface area contributed by atoms with Gasteiger partial charge >= 0.3 is 5.97 Å². The van der Waals surface area contributed by atoms with Crippen LogP contribution in [0.1, 0.15) is 12.0 Å². The molecule has 1 saturated heterocycles. The van der Waals surface area contributed by atoms with Gasteiger partial charge in [0.05, 0.1) is 17.7 Å². The fourth-order valence-corrected chi connectivity index (χ4v) is 3.15. The maximum Gasteiger partial charge on any atom is 0.307 e. The molecule has 0 amide bonds. The molecule has 142 valence electrons. The molecular formula is C20H20F2N2O3. The molecule has 2 aromatic carbocycles. The van der Waals surface area contributed by atoms with Crippen molar-refractivity contribution in [2.45, 2.75) is 6.42 Å². The maximum absolute atomic E-state index is 14.1. The molecule has 1 unspecified atom stereocenters. The SMILES string of the molecule is O=C(O)C1CCN(CCO/N=C/c2ccccc2-c2c(F)cccc2F)C1. The molecule has 0 aliphatic carbocycles. The van der Waals surface area contributed by atoms with Gasteiger partial charge in [-0.25, -0.2) is 8.78 Å². The highest BCUT2D eigenvalue weighted by Crippen LogP contribution is 2.28. The number of oxime groups is 1. The molecule has 1 atom stereocenters. The molecule has 1 aliphatic rings. The molecule has 5 nitrogen and oxygen atoms in total. The van der Waals surface area contributed by atoms with Crippen molar-refractivity contribution in [1.29, 1.82) is 0 Å². The monoisotopic (exact) mass is 374 g/mol. The van der Waals surface area contributed by atoms with E-state index in [-0.39, 0.29) is 11.5 Å². The lowest BCUT2D eigenvalue weighted by molar-refractivity contribution is -0.141. The van der Waals surface area contributed by atoms with E-state index in [2.05, 4.69) is 5.16 Å². The number of aliphatic carboxylic acids is 1. The Morgan fingerprint density at radius 1 is 1.22 bits per heavy atom. The number of carboxylic acid groups (broad SMARTS) is 1. The lowest BCUT2D eigenvalue weighted by Gasteiger charge is -2.13. The number of carboxylic acids is 1. The molecule has 7 heteroatoms. The molecule has 0 spiro atoms. The summed E-state index contributed by atoms with van der Waals surface area (Å²) >= 11 is 0. The van der Waals surface area contributed by atoms with Gasteiger partial charge in [0.1, 0.15) is 18.2 Å². The lowest BCUT2D eigenvalue weighted by Crippen LogP contribution is -2.26. The van der Waals surface area contributed by atoms with Crippen LogP contribution in [0, 0.1) is 17.6 Å². The van der Waals surface area contributed by atoms with E-state index in [1.807, 2.05) is 4.90 Å².